The Labute approximate surface area is 116 Å². The van der Waals surface area contributed by atoms with Crippen LogP contribution in [0.25, 0.3) is 0 Å². The first-order valence-electron chi connectivity index (χ1n) is 6.04. The summed E-state index contributed by atoms with van der Waals surface area (Å²) in [5, 5.41) is 12.9. The molecule has 0 aliphatic heterocycles. The molecule has 1 atom stereocenters. The standard InChI is InChI=1S/C15H15ClFNO/c16-13-7-4-8-14(17)12(13)9-18-15(10-19)11-5-2-1-3-6-11/h1-8,15,18-19H,9-10H2/t15-/m0/s1. The van der Waals surface area contributed by atoms with Crippen molar-refractivity contribution in [3.63, 3.8) is 0 Å². The van der Waals surface area contributed by atoms with Crippen LogP contribution in [0, 0.1) is 5.82 Å². The van der Waals surface area contributed by atoms with Crippen molar-refractivity contribution in [2.45, 2.75) is 12.6 Å². The Morgan fingerprint density at radius 3 is 2.47 bits per heavy atom. The zero-order chi connectivity index (χ0) is 13.7. The van der Waals surface area contributed by atoms with Gasteiger partial charge in [0.15, 0.2) is 0 Å². The molecular formula is C15H15ClFNO. The van der Waals surface area contributed by atoms with Gasteiger partial charge in [0.25, 0.3) is 0 Å². The van der Waals surface area contributed by atoms with Gasteiger partial charge in [0.2, 0.25) is 0 Å². The summed E-state index contributed by atoms with van der Waals surface area (Å²) in [6.07, 6.45) is 0. The minimum absolute atomic E-state index is 0.0594. The second-order valence-electron chi connectivity index (χ2n) is 4.23. The summed E-state index contributed by atoms with van der Waals surface area (Å²) >= 11 is 5.96. The average molecular weight is 280 g/mol. The second kappa shape index (κ2) is 6.66. The van der Waals surface area contributed by atoms with Crippen LogP contribution in [0.1, 0.15) is 17.2 Å². The lowest BCUT2D eigenvalue weighted by Gasteiger charge is -2.17. The van der Waals surface area contributed by atoms with E-state index in [1.165, 1.54) is 6.07 Å². The highest BCUT2D eigenvalue weighted by Gasteiger charge is 2.12. The molecule has 0 aliphatic rings. The summed E-state index contributed by atoms with van der Waals surface area (Å²) in [6.45, 7) is 0.210. The minimum atomic E-state index is -0.343. The Morgan fingerprint density at radius 1 is 1.11 bits per heavy atom. The van der Waals surface area contributed by atoms with Crippen LogP contribution in [0.4, 0.5) is 4.39 Å². The number of benzene rings is 2. The van der Waals surface area contributed by atoms with E-state index in [4.69, 9.17) is 11.6 Å². The van der Waals surface area contributed by atoms with E-state index >= 15 is 0 Å². The molecule has 0 amide bonds. The van der Waals surface area contributed by atoms with Crippen LogP contribution < -0.4 is 5.32 Å². The molecule has 2 nitrogen and oxygen atoms in total. The number of hydrogen-bond acceptors (Lipinski definition) is 2. The molecule has 0 saturated carbocycles. The van der Waals surface area contributed by atoms with Gasteiger partial charge in [-0.15, -0.1) is 0 Å². The lowest BCUT2D eigenvalue weighted by atomic mass is 10.1. The molecule has 0 aliphatic carbocycles. The van der Waals surface area contributed by atoms with Crippen LogP contribution in [-0.2, 0) is 6.54 Å². The predicted octanol–water partition coefficient (Wildman–Crippen LogP) is 3.30. The largest absolute Gasteiger partial charge is 0.394 e. The van der Waals surface area contributed by atoms with E-state index in [-0.39, 0.29) is 25.0 Å². The maximum atomic E-state index is 13.6. The molecule has 0 unspecified atom stereocenters. The quantitative estimate of drug-likeness (QED) is 0.880. The third kappa shape index (κ3) is 3.53. The Morgan fingerprint density at radius 2 is 1.84 bits per heavy atom. The molecule has 0 bridgehead atoms. The molecule has 0 heterocycles. The fourth-order valence-corrected chi connectivity index (χ4v) is 2.13. The number of hydrogen-bond donors (Lipinski definition) is 2. The van der Waals surface area contributed by atoms with Gasteiger partial charge in [0.05, 0.1) is 12.6 Å². The average Bonchev–Trinajstić information content (AvgIpc) is 2.43. The van der Waals surface area contributed by atoms with Crippen molar-refractivity contribution in [2.75, 3.05) is 6.61 Å². The second-order valence-corrected chi connectivity index (χ2v) is 4.63. The molecule has 19 heavy (non-hydrogen) atoms. The van der Waals surface area contributed by atoms with Gasteiger partial charge in [-0.25, -0.2) is 4.39 Å². The monoisotopic (exact) mass is 279 g/mol. The maximum Gasteiger partial charge on any atom is 0.129 e. The molecule has 0 fully saturated rings. The minimum Gasteiger partial charge on any atom is -0.394 e. The predicted molar refractivity (Wildman–Crippen MR) is 74.5 cm³/mol. The number of halogens is 2. The summed E-state index contributed by atoms with van der Waals surface area (Å²) in [4.78, 5) is 0. The van der Waals surface area contributed by atoms with E-state index in [0.29, 0.717) is 10.6 Å². The van der Waals surface area contributed by atoms with Gasteiger partial charge in [-0.1, -0.05) is 48.0 Å². The highest BCUT2D eigenvalue weighted by Crippen LogP contribution is 2.20. The Hall–Kier alpha value is -1.42. The number of aliphatic hydroxyl groups excluding tert-OH is 1. The van der Waals surface area contributed by atoms with Crippen molar-refractivity contribution in [2.24, 2.45) is 0 Å². The van der Waals surface area contributed by atoms with Gasteiger partial charge >= 0.3 is 0 Å². The lowest BCUT2D eigenvalue weighted by Crippen LogP contribution is -2.24. The number of nitrogens with one attached hydrogen (secondary N) is 1. The van der Waals surface area contributed by atoms with Gasteiger partial charge in [0, 0.05) is 17.1 Å². The molecular weight excluding hydrogens is 265 g/mol. The van der Waals surface area contributed by atoms with E-state index in [1.54, 1.807) is 12.1 Å². The van der Waals surface area contributed by atoms with Crippen LogP contribution >= 0.6 is 11.6 Å². The number of aliphatic hydroxyl groups is 1. The van der Waals surface area contributed by atoms with Gasteiger partial charge in [-0.3, -0.25) is 0 Å². The summed E-state index contributed by atoms with van der Waals surface area (Å²) in [6, 6.07) is 13.9. The van der Waals surface area contributed by atoms with Crippen LogP contribution in [0.3, 0.4) is 0 Å². The molecule has 0 saturated heterocycles. The Bertz CT molecular complexity index is 513. The Kier molecular flexibility index (Phi) is 4.91. The van der Waals surface area contributed by atoms with Crippen molar-refractivity contribution in [1.29, 1.82) is 0 Å². The first-order valence-corrected chi connectivity index (χ1v) is 6.42. The molecule has 0 spiro atoms. The first-order chi connectivity index (χ1) is 9.22. The van der Waals surface area contributed by atoms with E-state index < -0.39 is 0 Å². The van der Waals surface area contributed by atoms with Crippen LogP contribution in [0.5, 0.6) is 0 Å². The maximum absolute atomic E-state index is 13.6. The molecule has 4 heteroatoms. The highest BCUT2D eigenvalue weighted by atomic mass is 35.5. The molecule has 2 rings (SSSR count). The summed E-state index contributed by atoms with van der Waals surface area (Å²) in [5.74, 6) is -0.343. The van der Waals surface area contributed by atoms with Crippen molar-refractivity contribution >= 4 is 11.6 Å². The molecule has 100 valence electrons. The van der Waals surface area contributed by atoms with Crippen molar-refractivity contribution in [3.8, 4) is 0 Å². The van der Waals surface area contributed by atoms with Crippen molar-refractivity contribution in [1.82, 2.24) is 5.32 Å². The normalized spacial score (nSPS) is 12.4. The van der Waals surface area contributed by atoms with Gasteiger partial charge in [-0.05, 0) is 17.7 Å². The fourth-order valence-electron chi connectivity index (χ4n) is 1.90. The van der Waals surface area contributed by atoms with E-state index in [9.17, 15) is 9.50 Å². The molecule has 2 N–H and O–H groups in total. The zero-order valence-electron chi connectivity index (χ0n) is 10.3. The first kappa shape index (κ1) is 14.0. The molecule has 2 aromatic carbocycles. The zero-order valence-corrected chi connectivity index (χ0v) is 11.1. The van der Waals surface area contributed by atoms with Gasteiger partial charge in [0.1, 0.15) is 5.82 Å². The molecule has 0 radical (unpaired) electrons. The van der Waals surface area contributed by atoms with Crippen LogP contribution in [-0.4, -0.2) is 11.7 Å². The van der Waals surface area contributed by atoms with E-state index in [1.807, 2.05) is 30.3 Å². The van der Waals surface area contributed by atoms with Crippen molar-refractivity contribution < 1.29 is 9.50 Å². The highest BCUT2D eigenvalue weighted by molar-refractivity contribution is 6.31. The van der Waals surface area contributed by atoms with E-state index in [0.717, 1.165) is 5.56 Å². The van der Waals surface area contributed by atoms with Gasteiger partial charge in [-0.2, -0.15) is 0 Å². The SMILES string of the molecule is OC[C@H](NCc1c(F)cccc1Cl)c1ccccc1. The summed E-state index contributed by atoms with van der Waals surface area (Å²) in [5.41, 5.74) is 1.37. The topological polar surface area (TPSA) is 32.3 Å². The Balaban J connectivity index is 2.09. The summed E-state index contributed by atoms with van der Waals surface area (Å²) < 4.78 is 13.6. The molecule has 0 aromatic heterocycles. The van der Waals surface area contributed by atoms with Crippen LogP contribution in [0.2, 0.25) is 5.02 Å². The smallest absolute Gasteiger partial charge is 0.129 e. The lowest BCUT2D eigenvalue weighted by molar-refractivity contribution is 0.243. The van der Waals surface area contributed by atoms with Crippen LogP contribution in [0.15, 0.2) is 48.5 Å². The van der Waals surface area contributed by atoms with Crippen molar-refractivity contribution in [3.05, 3.63) is 70.5 Å². The fraction of sp³-hybridized carbons (Fsp3) is 0.200. The summed E-state index contributed by atoms with van der Waals surface area (Å²) in [7, 11) is 0. The van der Waals surface area contributed by atoms with Gasteiger partial charge < -0.3 is 10.4 Å². The molecule has 2 aromatic rings. The third-order valence-corrected chi connectivity index (χ3v) is 3.33. The number of rotatable bonds is 5. The third-order valence-electron chi connectivity index (χ3n) is 2.97. The van der Waals surface area contributed by atoms with E-state index in [2.05, 4.69) is 5.32 Å².